The first-order chi connectivity index (χ1) is 15.9. The fourth-order valence-electron chi connectivity index (χ4n) is 4.96. The average Bonchev–Trinajstić information content (AvgIpc) is 3.38. The van der Waals surface area contributed by atoms with E-state index in [9.17, 15) is 9.18 Å². The Morgan fingerprint density at radius 2 is 2.00 bits per heavy atom. The van der Waals surface area contributed by atoms with Gasteiger partial charge in [-0.2, -0.15) is 5.10 Å². The van der Waals surface area contributed by atoms with Gasteiger partial charge in [0, 0.05) is 42.5 Å². The molecule has 172 valence electrons. The van der Waals surface area contributed by atoms with Crippen LogP contribution in [0.5, 0.6) is 0 Å². The number of amides is 1. The highest BCUT2D eigenvalue weighted by Gasteiger charge is 2.33. The second-order valence-corrected chi connectivity index (χ2v) is 9.09. The molecule has 2 aliphatic heterocycles. The van der Waals surface area contributed by atoms with Crippen LogP contribution in [0.4, 0.5) is 10.2 Å². The number of aryl methyl sites for hydroxylation is 2. The lowest BCUT2D eigenvalue weighted by Crippen LogP contribution is -2.37. The molecule has 3 aromatic rings. The van der Waals surface area contributed by atoms with Crippen molar-refractivity contribution in [3.05, 3.63) is 70.2 Å². The third kappa shape index (κ3) is 4.15. The van der Waals surface area contributed by atoms with Gasteiger partial charge in [0.25, 0.3) is 0 Å². The van der Waals surface area contributed by atoms with Gasteiger partial charge in [-0.05, 0) is 57.4 Å². The Morgan fingerprint density at radius 1 is 1.15 bits per heavy atom. The Hall–Kier alpha value is -3.13. The van der Waals surface area contributed by atoms with Crippen LogP contribution in [0.1, 0.15) is 59.2 Å². The molecule has 1 saturated heterocycles. The third-order valence-electron chi connectivity index (χ3n) is 6.96. The van der Waals surface area contributed by atoms with Gasteiger partial charge in [0.15, 0.2) is 0 Å². The number of halogens is 1. The van der Waals surface area contributed by atoms with E-state index in [0.717, 1.165) is 54.3 Å². The van der Waals surface area contributed by atoms with Gasteiger partial charge in [0.1, 0.15) is 17.5 Å². The van der Waals surface area contributed by atoms with Crippen molar-refractivity contribution in [3.8, 4) is 0 Å². The summed E-state index contributed by atoms with van der Waals surface area (Å²) in [6.07, 6.45) is 5.05. The highest BCUT2D eigenvalue weighted by atomic mass is 19.1. The lowest BCUT2D eigenvalue weighted by Gasteiger charge is -2.31. The number of nitrogens with zero attached hydrogens (tertiary/aromatic N) is 6. The number of carbonyl (C=O) groups is 1. The molecule has 0 radical (unpaired) electrons. The van der Waals surface area contributed by atoms with E-state index >= 15 is 0 Å². The summed E-state index contributed by atoms with van der Waals surface area (Å²) in [5, 5.41) is 4.38. The fourth-order valence-corrected chi connectivity index (χ4v) is 4.96. The van der Waals surface area contributed by atoms with Gasteiger partial charge in [-0.3, -0.25) is 19.3 Å². The number of benzene rings is 1. The summed E-state index contributed by atoms with van der Waals surface area (Å²) in [5.74, 6) is 1.17. The zero-order chi connectivity index (χ0) is 23.1. The minimum Gasteiger partial charge on any atom is -0.292 e. The first kappa shape index (κ1) is 21.7. The van der Waals surface area contributed by atoms with Crippen molar-refractivity contribution in [2.75, 3.05) is 11.4 Å². The molecule has 1 atom stereocenters. The highest BCUT2D eigenvalue weighted by molar-refractivity contribution is 5.95. The molecule has 2 aliphatic rings. The van der Waals surface area contributed by atoms with Gasteiger partial charge in [-0.25, -0.2) is 14.4 Å². The second kappa shape index (κ2) is 8.67. The standard InChI is InChI=1S/C25H29FN6O/c1-16-21-9-10-23(33)32(14-18-6-4-7-20(26)12-18)25(21)29-24(28-16)22-8-5-11-31(22)15-19-13-27-30(3)17(19)2/h4,6-7,12-13,22H,5,8-11,14-15H2,1-3H3. The van der Waals surface area contributed by atoms with Crippen molar-refractivity contribution >= 4 is 11.7 Å². The van der Waals surface area contributed by atoms with Gasteiger partial charge < -0.3 is 0 Å². The van der Waals surface area contributed by atoms with E-state index in [4.69, 9.17) is 9.97 Å². The maximum Gasteiger partial charge on any atom is 0.228 e. The highest BCUT2D eigenvalue weighted by Crippen LogP contribution is 2.36. The molecule has 8 heteroatoms. The Balaban J connectivity index is 1.47. The first-order valence-electron chi connectivity index (χ1n) is 11.5. The Morgan fingerprint density at radius 3 is 2.76 bits per heavy atom. The van der Waals surface area contributed by atoms with Gasteiger partial charge >= 0.3 is 0 Å². The SMILES string of the molecule is Cc1nc(C2CCCN2Cc2cnn(C)c2C)nc2c1CCC(=O)N2Cc1cccc(F)c1. The molecule has 5 rings (SSSR count). The van der Waals surface area contributed by atoms with E-state index in [1.165, 1.54) is 17.7 Å². The van der Waals surface area contributed by atoms with Crippen LogP contribution >= 0.6 is 0 Å². The van der Waals surface area contributed by atoms with Gasteiger partial charge in [-0.1, -0.05) is 12.1 Å². The molecule has 7 nitrogen and oxygen atoms in total. The predicted octanol–water partition coefficient (Wildman–Crippen LogP) is 3.78. The quantitative estimate of drug-likeness (QED) is 0.594. The van der Waals surface area contributed by atoms with Crippen LogP contribution < -0.4 is 4.90 Å². The number of hydrogen-bond donors (Lipinski definition) is 0. The van der Waals surface area contributed by atoms with Crippen LogP contribution in [0, 0.1) is 19.7 Å². The molecule has 0 aliphatic carbocycles. The normalized spacial score (nSPS) is 18.7. The molecule has 0 N–H and O–H groups in total. The maximum atomic E-state index is 13.8. The Labute approximate surface area is 193 Å². The second-order valence-electron chi connectivity index (χ2n) is 9.09. The molecular formula is C25H29FN6O. The molecule has 0 saturated carbocycles. The molecule has 4 heterocycles. The summed E-state index contributed by atoms with van der Waals surface area (Å²) in [6.45, 7) is 6.18. The first-order valence-corrected chi connectivity index (χ1v) is 11.5. The van der Waals surface area contributed by atoms with Crippen molar-refractivity contribution < 1.29 is 9.18 Å². The van der Waals surface area contributed by atoms with Crippen molar-refractivity contribution in [1.82, 2.24) is 24.6 Å². The van der Waals surface area contributed by atoms with Crippen molar-refractivity contribution in [2.45, 2.75) is 58.7 Å². The molecule has 1 unspecified atom stereocenters. The van der Waals surface area contributed by atoms with E-state index in [2.05, 4.69) is 16.9 Å². The lowest BCUT2D eigenvalue weighted by atomic mass is 10.0. The number of anilines is 1. The Bertz CT molecular complexity index is 1210. The summed E-state index contributed by atoms with van der Waals surface area (Å²) in [5.41, 5.74) is 5.07. The molecule has 1 fully saturated rings. The number of likely N-dealkylation sites (tertiary alicyclic amines) is 1. The molecule has 1 aromatic carbocycles. The van der Waals surface area contributed by atoms with Gasteiger partial charge in [-0.15, -0.1) is 0 Å². The molecule has 0 bridgehead atoms. The monoisotopic (exact) mass is 448 g/mol. The zero-order valence-electron chi connectivity index (χ0n) is 19.4. The summed E-state index contributed by atoms with van der Waals surface area (Å²) < 4.78 is 15.7. The van der Waals surface area contributed by atoms with Crippen LogP contribution in [0.15, 0.2) is 30.5 Å². The van der Waals surface area contributed by atoms with Crippen molar-refractivity contribution in [2.24, 2.45) is 7.05 Å². The number of aromatic nitrogens is 4. The third-order valence-corrected chi connectivity index (χ3v) is 6.96. The van der Waals surface area contributed by atoms with E-state index in [1.807, 2.05) is 30.9 Å². The van der Waals surface area contributed by atoms with Crippen molar-refractivity contribution in [3.63, 3.8) is 0 Å². The summed E-state index contributed by atoms with van der Waals surface area (Å²) >= 11 is 0. The number of fused-ring (bicyclic) bond motifs is 1. The largest absolute Gasteiger partial charge is 0.292 e. The molecule has 33 heavy (non-hydrogen) atoms. The molecule has 0 spiro atoms. The minimum atomic E-state index is -0.302. The van der Waals surface area contributed by atoms with Crippen LogP contribution in [0.3, 0.4) is 0 Å². The molecular weight excluding hydrogens is 419 g/mol. The van der Waals surface area contributed by atoms with Crippen LogP contribution in [-0.2, 0) is 31.4 Å². The number of rotatable bonds is 5. The number of hydrogen-bond acceptors (Lipinski definition) is 5. The van der Waals surface area contributed by atoms with E-state index in [1.54, 1.807) is 11.0 Å². The summed E-state index contributed by atoms with van der Waals surface area (Å²) in [4.78, 5) is 26.9. The lowest BCUT2D eigenvalue weighted by molar-refractivity contribution is -0.119. The van der Waals surface area contributed by atoms with Gasteiger partial charge in [0.05, 0.1) is 18.8 Å². The van der Waals surface area contributed by atoms with Crippen LogP contribution in [0.2, 0.25) is 0 Å². The smallest absolute Gasteiger partial charge is 0.228 e. The van der Waals surface area contributed by atoms with Crippen molar-refractivity contribution in [1.29, 1.82) is 0 Å². The van der Waals surface area contributed by atoms with E-state index in [-0.39, 0.29) is 17.8 Å². The Kier molecular flexibility index (Phi) is 5.70. The molecule has 1 amide bonds. The summed E-state index contributed by atoms with van der Waals surface area (Å²) in [6, 6.07) is 6.51. The van der Waals surface area contributed by atoms with Crippen LogP contribution in [0.25, 0.3) is 0 Å². The average molecular weight is 449 g/mol. The predicted molar refractivity (Wildman–Crippen MR) is 123 cm³/mol. The summed E-state index contributed by atoms with van der Waals surface area (Å²) in [7, 11) is 1.96. The topological polar surface area (TPSA) is 67.2 Å². The maximum absolute atomic E-state index is 13.8. The number of carbonyl (C=O) groups excluding carboxylic acids is 1. The van der Waals surface area contributed by atoms with Gasteiger partial charge in [0.2, 0.25) is 5.91 Å². The zero-order valence-corrected chi connectivity index (χ0v) is 19.4. The molecule has 2 aromatic heterocycles. The van der Waals surface area contributed by atoms with E-state index in [0.29, 0.717) is 25.2 Å². The van der Waals surface area contributed by atoms with Crippen LogP contribution in [-0.4, -0.2) is 37.1 Å². The fraction of sp³-hybridized carbons (Fsp3) is 0.440. The minimum absolute atomic E-state index is 0.0186. The van der Waals surface area contributed by atoms with E-state index < -0.39 is 0 Å².